The highest BCUT2D eigenvalue weighted by atomic mass is 16.2. The lowest BCUT2D eigenvalue weighted by Crippen LogP contribution is -2.48. The zero-order valence-corrected chi connectivity index (χ0v) is 12.5. The fourth-order valence-corrected chi connectivity index (χ4v) is 4.88. The van der Waals surface area contributed by atoms with E-state index >= 15 is 0 Å². The molecule has 4 fully saturated rings. The maximum absolute atomic E-state index is 13.0. The van der Waals surface area contributed by atoms with Gasteiger partial charge in [0.15, 0.2) is 0 Å². The lowest BCUT2D eigenvalue weighted by atomic mass is 9.87. The molecular weight excluding hydrogens is 248 g/mol. The number of carbonyl (C=O) groups excluding carboxylic acids is 1. The Kier molecular flexibility index (Phi) is 3.49. The first kappa shape index (κ1) is 13.1. The Morgan fingerprint density at radius 1 is 1.05 bits per heavy atom. The van der Waals surface area contributed by atoms with Crippen LogP contribution in [0.15, 0.2) is 0 Å². The first-order valence-electron chi connectivity index (χ1n) is 8.85. The molecule has 112 valence electrons. The van der Waals surface area contributed by atoms with E-state index in [1.165, 1.54) is 57.8 Å². The minimum atomic E-state index is 0.387. The molecule has 4 rings (SSSR count). The first-order chi connectivity index (χ1) is 9.81. The van der Waals surface area contributed by atoms with Crippen LogP contribution in [0, 0.1) is 17.8 Å². The quantitative estimate of drug-likeness (QED) is 0.856. The van der Waals surface area contributed by atoms with Crippen molar-refractivity contribution in [2.24, 2.45) is 17.8 Å². The predicted octanol–water partition coefficient (Wildman–Crippen LogP) is 2.56. The van der Waals surface area contributed by atoms with Gasteiger partial charge in [-0.2, -0.15) is 0 Å². The molecule has 0 aromatic carbocycles. The van der Waals surface area contributed by atoms with Gasteiger partial charge in [0, 0.05) is 24.5 Å². The zero-order valence-electron chi connectivity index (χ0n) is 12.5. The summed E-state index contributed by atoms with van der Waals surface area (Å²) in [6.45, 7) is 2.13. The van der Waals surface area contributed by atoms with Crippen molar-refractivity contribution >= 4 is 5.91 Å². The molecule has 2 bridgehead atoms. The summed E-state index contributed by atoms with van der Waals surface area (Å²) in [6, 6.07) is 1.15. The zero-order chi connectivity index (χ0) is 13.5. The minimum absolute atomic E-state index is 0.387. The maximum atomic E-state index is 13.0. The highest BCUT2D eigenvalue weighted by Crippen LogP contribution is 2.49. The Labute approximate surface area is 122 Å². The molecule has 0 aromatic heterocycles. The molecule has 1 N–H and O–H groups in total. The normalized spacial score (nSPS) is 40.0. The van der Waals surface area contributed by atoms with E-state index in [0.29, 0.717) is 23.9 Å². The first-order valence-corrected chi connectivity index (χ1v) is 8.85. The van der Waals surface area contributed by atoms with Crippen molar-refractivity contribution in [3.8, 4) is 0 Å². The van der Waals surface area contributed by atoms with Crippen molar-refractivity contribution in [3.63, 3.8) is 0 Å². The van der Waals surface area contributed by atoms with E-state index in [4.69, 9.17) is 0 Å². The highest BCUT2D eigenvalue weighted by Gasteiger charge is 2.46. The van der Waals surface area contributed by atoms with Gasteiger partial charge < -0.3 is 10.2 Å². The third-order valence-corrected chi connectivity index (χ3v) is 6.16. The van der Waals surface area contributed by atoms with E-state index in [1.807, 2.05) is 0 Å². The second-order valence-corrected chi connectivity index (χ2v) is 7.65. The number of nitrogens with one attached hydrogen (secondary N) is 1. The van der Waals surface area contributed by atoms with Crippen molar-refractivity contribution in [1.29, 1.82) is 0 Å². The van der Waals surface area contributed by atoms with Gasteiger partial charge in [0.05, 0.1) is 0 Å². The largest absolute Gasteiger partial charge is 0.338 e. The van der Waals surface area contributed by atoms with Crippen molar-refractivity contribution in [1.82, 2.24) is 10.2 Å². The molecule has 3 heteroatoms. The van der Waals surface area contributed by atoms with Gasteiger partial charge in [0.2, 0.25) is 5.91 Å². The van der Waals surface area contributed by atoms with Gasteiger partial charge in [-0.25, -0.2) is 0 Å². The van der Waals surface area contributed by atoms with Crippen molar-refractivity contribution < 1.29 is 4.79 Å². The number of fused-ring (bicyclic) bond motifs is 2. The van der Waals surface area contributed by atoms with Crippen LogP contribution in [-0.2, 0) is 4.79 Å². The molecule has 4 unspecified atom stereocenters. The second kappa shape index (κ2) is 5.32. The molecule has 1 saturated heterocycles. The maximum Gasteiger partial charge on any atom is 0.226 e. The molecule has 1 amide bonds. The Bertz CT molecular complexity index is 373. The number of hydrogen-bond acceptors (Lipinski definition) is 2. The molecule has 0 spiro atoms. The molecule has 0 radical (unpaired) electrons. The van der Waals surface area contributed by atoms with E-state index in [2.05, 4.69) is 10.2 Å². The van der Waals surface area contributed by atoms with Gasteiger partial charge >= 0.3 is 0 Å². The van der Waals surface area contributed by atoms with Crippen molar-refractivity contribution in [2.75, 3.05) is 13.1 Å². The number of carbonyl (C=O) groups is 1. The van der Waals surface area contributed by atoms with Crippen molar-refractivity contribution in [2.45, 2.75) is 69.9 Å². The number of amides is 1. The fraction of sp³-hybridized carbons (Fsp3) is 0.941. The Morgan fingerprint density at radius 3 is 2.55 bits per heavy atom. The van der Waals surface area contributed by atoms with Gasteiger partial charge in [-0.1, -0.05) is 12.8 Å². The number of hydrogen-bond donors (Lipinski definition) is 1. The lowest BCUT2D eigenvalue weighted by Gasteiger charge is -2.34. The fourth-order valence-electron chi connectivity index (χ4n) is 4.88. The predicted molar refractivity (Wildman–Crippen MR) is 79.3 cm³/mol. The molecule has 3 aliphatic carbocycles. The topological polar surface area (TPSA) is 32.3 Å². The lowest BCUT2D eigenvalue weighted by molar-refractivity contribution is -0.138. The van der Waals surface area contributed by atoms with Crippen LogP contribution in [0.2, 0.25) is 0 Å². The molecule has 3 nitrogen and oxygen atoms in total. The smallest absolute Gasteiger partial charge is 0.226 e. The van der Waals surface area contributed by atoms with Crippen LogP contribution in [0.4, 0.5) is 0 Å². The van der Waals surface area contributed by atoms with Crippen LogP contribution in [0.1, 0.15) is 57.8 Å². The highest BCUT2D eigenvalue weighted by molar-refractivity contribution is 5.80. The third-order valence-electron chi connectivity index (χ3n) is 6.16. The average molecular weight is 276 g/mol. The second-order valence-electron chi connectivity index (χ2n) is 7.65. The SMILES string of the molecule is O=C(C1CC2CCC1C2)N(CC1CCCCN1)C1CC1. The minimum Gasteiger partial charge on any atom is -0.338 e. The number of piperidine rings is 1. The van der Waals surface area contributed by atoms with Crippen LogP contribution in [0.5, 0.6) is 0 Å². The summed E-state index contributed by atoms with van der Waals surface area (Å²) >= 11 is 0. The third kappa shape index (κ3) is 2.49. The summed E-state index contributed by atoms with van der Waals surface area (Å²) in [5.74, 6) is 2.51. The average Bonchev–Trinajstić information content (AvgIpc) is 3.11. The van der Waals surface area contributed by atoms with E-state index in [0.717, 1.165) is 24.9 Å². The van der Waals surface area contributed by atoms with E-state index in [1.54, 1.807) is 0 Å². The standard InChI is InChI=1S/C17H28N2O/c20-17(16-10-12-4-5-13(16)9-12)19(15-6-7-15)11-14-3-1-2-8-18-14/h12-16,18H,1-11H2. The Balaban J connectivity index is 1.41. The summed E-state index contributed by atoms with van der Waals surface area (Å²) in [5, 5.41) is 3.62. The molecular formula is C17H28N2O. The molecule has 3 saturated carbocycles. The van der Waals surface area contributed by atoms with Crippen LogP contribution in [-0.4, -0.2) is 36.0 Å². The molecule has 4 aliphatic rings. The monoisotopic (exact) mass is 276 g/mol. The Hall–Kier alpha value is -0.570. The van der Waals surface area contributed by atoms with Gasteiger partial charge in [-0.15, -0.1) is 0 Å². The number of nitrogens with zero attached hydrogens (tertiary/aromatic N) is 1. The van der Waals surface area contributed by atoms with Gasteiger partial charge in [0.1, 0.15) is 0 Å². The van der Waals surface area contributed by atoms with Crippen LogP contribution in [0.3, 0.4) is 0 Å². The van der Waals surface area contributed by atoms with Crippen LogP contribution in [0.25, 0.3) is 0 Å². The summed E-state index contributed by atoms with van der Waals surface area (Å²) in [4.78, 5) is 15.3. The summed E-state index contributed by atoms with van der Waals surface area (Å²) in [5.41, 5.74) is 0. The molecule has 1 aliphatic heterocycles. The molecule has 1 heterocycles. The molecule has 4 atom stereocenters. The van der Waals surface area contributed by atoms with Crippen LogP contribution >= 0.6 is 0 Å². The summed E-state index contributed by atoms with van der Waals surface area (Å²) < 4.78 is 0. The molecule has 0 aromatic rings. The summed E-state index contributed by atoms with van der Waals surface area (Å²) in [7, 11) is 0. The van der Waals surface area contributed by atoms with E-state index in [9.17, 15) is 4.79 Å². The Morgan fingerprint density at radius 2 is 1.95 bits per heavy atom. The number of rotatable bonds is 4. The van der Waals surface area contributed by atoms with Gasteiger partial charge in [0.25, 0.3) is 0 Å². The molecule has 20 heavy (non-hydrogen) atoms. The van der Waals surface area contributed by atoms with Crippen molar-refractivity contribution in [3.05, 3.63) is 0 Å². The van der Waals surface area contributed by atoms with E-state index < -0.39 is 0 Å². The summed E-state index contributed by atoms with van der Waals surface area (Å²) in [6.07, 6.45) is 11.6. The van der Waals surface area contributed by atoms with Gasteiger partial charge in [-0.05, 0) is 63.3 Å². The van der Waals surface area contributed by atoms with Crippen LogP contribution < -0.4 is 5.32 Å². The van der Waals surface area contributed by atoms with Gasteiger partial charge in [-0.3, -0.25) is 4.79 Å². The van der Waals surface area contributed by atoms with E-state index in [-0.39, 0.29) is 0 Å².